The molecule has 0 radical (unpaired) electrons. The summed E-state index contributed by atoms with van der Waals surface area (Å²) < 4.78 is 11.0. The third kappa shape index (κ3) is 3.92. The monoisotopic (exact) mass is 256 g/mol. The molecule has 2 heterocycles. The maximum Gasteiger partial charge on any atom is 0.0623 e. The molecule has 4 heteroatoms. The number of nitrogens with one attached hydrogen (secondary N) is 2. The van der Waals surface area contributed by atoms with Crippen molar-refractivity contribution in [3.8, 4) is 0 Å². The van der Waals surface area contributed by atoms with Crippen LogP contribution in [-0.2, 0) is 9.47 Å². The van der Waals surface area contributed by atoms with Gasteiger partial charge in [0.2, 0.25) is 0 Å². The summed E-state index contributed by atoms with van der Waals surface area (Å²) in [6, 6.07) is 0.529. The molecule has 2 atom stereocenters. The van der Waals surface area contributed by atoms with E-state index in [2.05, 4.69) is 24.5 Å². The van der Waals surface area contributed by atoms with Crippen molar-refractivity contribution < 1.29 is 9.47 Å². The second-order valence-electron chi connectivity index (χ2n) is 5.91. The molecular formula is C14H28N2O2. The molecule has 4 nitrogen and oxygen atoms in total. The van der Waals surface area contributed by atoms with E-state index in [1.54, 1.807) is 0 Å². The average Bonchev–Trinajstić information content (AvgIpc) is 2.82. The first-order valence-electron chi connectivity index (χ1n) is 7.37. The molecule has 2 unspecified atom stereocenters. The van der Waals surface area contributed by atoms with Gasteiger partial charge in [0.1, 0.15) is 0 Å². The van der Waals surface area contributed by atoms with Gasteiger partial charge in [0.05, 0.1) is 13.2 Å². The topological polar surface area (TPSA) is 42.5 Å². The quantitative estimate of drug-likeness (QED) is 0.748. The van der Waals surface area contributed by atoms with Gasteiger partial charge in [-0.2, -0.15) is 0 Å². The predicted octanol–water partition coefficient (Wildman–Crippen LogP) is 1.16. The molecule has 2 aliphatic heterocycles. The van der Waals surface area contributed by atoms with E-state index in [0.717, 1.165) is 52.4 Å². The van der Waals surface area contributed by atoms with Crippen molar-refractivity contribution in [3.05, 3.63) is 0 Å². The molecule has 0 saturated carbocycles. The smallest absolute Gasteiger partial charge is 0.0623 e. The van der Waals surface area contributed by atoms with Crippen LogP contribution >= 0.6 is 0 Å². The van der Waals surface area contributed by atoms with Crippen LogP contribution in [0.15, 0.2) is 0 Å². The van der Waals surface area contributed by atoms with Crippen LogP contribution in [0.1, 0.15) is 33.1 Å². The van der Waals surface area contributed by atoms with Gasteiger partial charge in [0.25, 0.3) is 0 Å². The fourth-order valence-electron chi connectivity index (χ4n) is 2.73. The molecule has 0 bridgehead atoms. The average molecular weight is 256 g/mol. The third-order valence-corrected chi connectivity index (χ3v) is 4.24. The summed E-state index contributed by atoms with van der Waals surface area (Å²) in [4.78, 5) is 0. The lowest BCUT2D eigenvalue weighted by Crippen LogP contribution is -2.51. The molecule has 0 aromatic rings. The van der Waals surface area contributed by atoms with Crippen LogP contribution < -0.4 is 10.6 Å². The summed E-state index contributed by atoms with van der Waals surface area (Å²) in [6.07, 6.45) is 3.42. The Balaban J connectivity index is 1.74. The Labute approximate surface area is 111 Å². The Morgan fingerprint density at radius 1 is 1.17 bits per heavy atom. The Bertz CT molecular complexity index is 242. The number of hydrogen-bond acceptors (Lipinski definition) is 4. The highest BCUT2D eigenvalue weighted by Gasteiger charge is 2.32. The van der Waals surface area contributed by atoms with Gasteiger partial charge in [-0.1, -0.05) is 6.92 Å². The third-order valence-electron chi connectivity index (χ3n) is 4.24. The van der Waals surface area contributed by atoms with E-state index in [1.807, 2.05) is 0 Å². The summed E-state index contributed by atoms with van der Waals surface area (Å²) in [7, 11) is 0. The van der Waals surface area contributed by atoms with Crippen LogP contribution in [0.5, 0.6) is 0 Å². The van der Waals surface area contributed by atoms with Gasteiger partial charge in [0.15, 0.2) is 0 Å². The molecule has 2 fully saturated rings. The number of ether oxygens (including phenoxy) is 2. The number of rotatable bonds is 6. The first-order valence-corrected chi connectivity index (χ1v) is 7.37. The van der Waals surface area contributed by atoms with Crippen molar-refractivity contribution in [2.24, 2.45) is 5.92 Å². The van der Waals surface area contributed by atoms with E-state index in [9.17, 15) is 0 Å². The zero-order valence-corrected chi connectivity index (χ0v) is 11.8. The lowest BCUT2D eigenvalue weighted by atomic mass is 9.91. The molecule has 106 valence electrons. The van der Waals surface area contributed by atoms with E-state index >= 15 is 0 Å². The highest BCUT2D eigenvalue weighted by atomic mass is 16.5. The highest BCUT2D eigenvalue weighted by Crippen LogP contribution is 2.21. The minimum absolute atomic E-state index is 0.260. The summed E-state index contributed by atoms with van der Waals surface area (Å²) >= 11 is 0. The molecule has 0 aliphatic carbocycles. The largest absolute Gasteiger partial charge is 0.381 e. The van der Waals surface area contributed by atoms with Crippen molar-refractivity contribution in [1.29, 1.82) is 0 Å². The summed E-state index contributed by atoms with van der Waals surface area (Å²) in [5, 5.41) is 7.34. The zero-order valence-electron chi connectivity index (χ0n) is 11.8. The van der Waals surface area contributed by atoms with Crippen LogP contribution in [0.4, 0.5) is 0 Å². The highest BCUT2D eigenvalue weighted by molar-refractivity contribution is 4.89. The van der Waals surface area contributed by atoms with Crippen LogP contribution in [0.3, 0.4) is 0 Å². The van der Waals surface area contributed by atoms with E-state index < -0.39 is 0 Å². The van der Waals surface area contributed by atoms with Gasteiger partial charge in [-0.15, -0.1) is 0 Å². The van der Waals surface area contributed by atoms with Gasteiger partial charge in [-0.3, -0.25) is 0 Å². The second kappa shape index (κ2) is 6.85. The van der Waals surface area contributed by atoms with E-state index in [-0.39, 0.29) is 5.54 Å². The van der Waals surface area contributed by atoms with Crippen LogP contribution in [0.2, 0.25) is 0 Å². The molecular weight excluding hydrogens is 228 g/mol. The predicted molar refractivity (Wildman–Crippen MR) is 72.9 cm³/mol. The van der Waals surface area contributed by atoms with Crippen molar-refractivity contribution in [2.75, 3.05) is 39.5 Å². The second-order valence-corrected chi connectivity index (χ2v) is 5.91. The van der Waals surface area contributed by atoms with Gasteiger partial charge >= 0.3 is 0 Å². The Morgan fingerprint density at radius 3 is 2.67 bits per heavy atom. The minimum Gasteiger partial charge on any atom is -0.381 e. The van der Waals surface area contributed by atoms with Crippen molar-refractivity contribution in [1.82, 2.24) is 10.6 Å². The van der Waals surface area contributed by atoms with Crippen molar-refractivity contribution in [3.63, 3.8) is 0 Å². The van der Waals surface area contributed by atoms with E-state index in [0.29, 0.717) is 12.0 Å². The first-order chi connectivity index (χ1) is 8.73. The lowest BCUT2D eigenvalue weighted by Gasteiger charge is -2.36. The van der Waals surface area contributed by atoms with Crippen LogP contribution in [0.25, 0.3) is 0 Å². The minimum atomic E-state index is 0.260. The van der Waals surface area contributed by atoms with Crippen LogP contribution in [0, 0.1) is 5.92 Å². The van der Waals surface area contributed by atoms with E-state index in [1.165, 1.54) is 6.42 Å². The Kier molecular flexibility index (Phi) is 5.42. The summed E-state index contributed by atoms with van der Waals surface area (Å²) in [5.41, 5.74) is 0.260. The molecule has 2 saturated heterocycles. The molecule has 18 heavy (non-hydrogen) atoms. The number of hydrogen-bond donors (Lipinski definition) is 2. The summed E-state index contributed by atoms with van der Waals surface area (Å²) in [5.74, 6) is 0.608. The van der Waals surface area contributed by atoms with Gasteiger partial charge < -0.3 is 20.1 Å². The molecule has 0 aromatic heterocycles. The van der Waals surface area contributed by atoms with E-state index in [4.69, 9.17) is 9.47 Å². The van der Waals surface area contributed by atoms with Gasteiger partial charge in [0, 0.05) is 37.3 Å². The Morgan fingerprint density at radius 2 is 1.94 bits per heavy atom. The molecule has 2 aliphatic rings. The first kappa shape index (κ1) is 14.3. The van der Waals surface area contributed by atoms with Gasteiger partial charge in [-0.05, 0) is 32.7 Å². The molecule has 2 N–H and O–H groups in total. The molecule has 2 rings (SSSR count). The van der Waals surface area contributed by atoms with Crippen molar-refractivity contribution in [2.45, 2.75) is 44.7 Å². The van der Waals surface area contributed by atoms with Crippen LogP contribution in [-0.4, -0.2) is 51.1 Å². The summed E-state index contributed by atoms with van der Waals surface area (Å²) in [6.45, 7) is 10.2. The molecule has 0 amide bonds. The lowest BCUT2D eigenvalue weighted by molar-refractivity contribution is 0.0432. The van der Waals surface area contributed by atoms with Gasteiger partial charge in [-0.25, -0.2) is 0 Å². The maximum atomic E-state index is 5.61. The fourth-order valence-corrected chi connectivity index (χ4v) is 2.73. The SMILES string of the molecule is CCCNC1COCC1CNC1(C)CCOCC1. The normalized spacial score (nSPS) is 31.7. The fraction of sp³-hybridized carbons (Fsp3) is 1.00. The molecule has 0 aromatic carbocycles. The zero-order chi connectivity index (χ0) is 12.8. The maximum absolute atomic E-state index is 5.61. The standard InChI is InChI=1S/C14H28N2O2/c1-3-6-15-13-11-18-10-12(13)9-16-14(2)4-7-17-8-5-14/h12-13,15-16H,3-11H2,1-2H3. The van der Waals surface area contributed by atoms with Crippen molar-refractivity contribution >= 4 is 0 Å². The molecule has 0 spiro atoms. The Hall–Kier alpha value is -0.160.